The number of para-hydroxylation sites is 1. The summed E-state index contributed by atoms with van der Waals surface area (Å²) < 4.78 is 9.79. The van der Waals surface area contributed by atoms with Gasteiger partial charge in [-0.15, -0.1) is 0 Å². The third-order valence-electron chi connectivity index (χ3n) is 3.67. The number of nitrogens with one attached hydrogen (secondary N) is 1. The first-order chi connectivity index (χ1) is 13.5. The summed E-state index contributed by atoms with van der Waals surface area (Å²) in [5, 5.41) is 13.1. The van der Waals surface area contributed by atoms with Gasteiger partial charge in [-0.1, -0.05) is 42.5 Å². The largest absolute Gasteiger partial charge is 0.506 e. The first kappa shape index (κ1) is 20.7. The van der Waals surface area contributed by atoms with Gasteiger partial charge >= 0.3 is 12.1 Å². The fourth-order valence-corrected chi connectivity index (χ4v) is 2.44. The number of hydrogen-bond donors (Lipinski definition) is 2. The molecule has 0 fully saturated rings. The first-order valence-electron chi connectivity index (χ1n) is 8.72. The fraction of sp³-hybridized carbons (Fsp3) is 0.190. The molecule has 1 amide bonds. The van der Waals surface area contributed by atoms with Crippen LogP contribution in [0.5, 0.6) is 0 Å². The zero-order valence-corrected chi connectivity index (χ0v) is 15.6. The molecule has 2 aromatic carbocycles. The monoisotopic (exact) mass is 383 g/mol. The predicted molar refractivity (Wildman–Crippen MR) is 104 cm³/mol. The van der Waals surface area contributed by atoms with Crippen LogP contribution in [-0.2, 0) is 14.3 Å². The van der Waals surface area contributed by atoms with Gasteiger partial charge in [0.25, 0.3) is 0 Å². The third-order valence-corrected chi connectivity index (χ3v) is 3.67. The standard InChI is InChI=1S/C21H21NO6/c1-3-27-20(25)17(18(23)14-10-6-5-7-11-14)19(24)15-12-8-9-13-16(15)22-21(26)28-4-2/h5-13,23H,3-4H2,1-2H3,(H,22,26)/b18-17+. The van der Waals surface area contributed by atoms with E-state index in [0.717, 1.165) is 0 Å². The Kier molecular flexibility index (Phi) is 7.33. The maximum absolute atomic E-state index is 13.1. The van der Waals surface area contributed by atoms with E-state index in [0.29, 0.717) is 0 Å². The number of carbonyl (C=O) groups is 3. The number of ketones is 1. The number of anilines is 1. The molecule has 0 aromatic heterocycles. The summed E-state index contributed by atoms with van der Waals surface area (Å²) in [5.41, 5.74) is -0.0735. The van der Waals surface area contributed by atoms with Gasteiger partial charge in [-0.05, 0) is 26.0 Å². The van der Waals surface area contributed by atoms with Crippen LogP contribution in [0.25, 0.3) is 5.76 Å². The van der Waals surface area contributed by atoms with Gasteiger partial charge in [0.1, 0.15) is 11.3 Å². The van der Waals surface area contributed by atoms with Gasteiger partial charge < -0.3 is 14.6 Å². The maximum Gasteiger partial charge on any atom is 0.411 e. The van der Waals surface area contributed by atoms with Crippen molar-refractivity contribution in [1.29, 1.82) is 0 Å². The summed E-state index contributed by atoms with van der Waals surface area (Å²) in [5.74, 6) is -2.25. The van der Waals surface area contributed by atoms with Crippen molar-refractivity contribution in [2.24, 2.45) is 0 Å². The van der Waals surface area contributed by atoms with Crippen LogP contribution >= 0.6 is 0 Å². The lowest BCUT2D eigenvalue weighted by Gasteiger charge is -2.13. The Balaban J connectivity index is 2.53. The number of aliphatic hydroxyl groups is 1. The van der Waals surface area contributed by atoms with Gasteiger partial charge in [-0.25, -0.2) is 9.59 Å². The Morgan fingerprint density at radius 3 is 2.14 bits per heavy atom. The van der Waals surface area contributed by atoms with Crippen molar-refractivity contribution in [2.75, 3.05) is 18.5 Å². The Labute approximate surface area is 162 Å². The number of aliphatic hydroxyl groups excluding tert-OH is 1. The van der Waals surface area contributed by atoms with E-state index in [4.69, 9.17) is 9.47 Å². The predicted octanol–water partition coefficient (Wildman–Crippen LogP) is 3.97. The molecule has 0 aliphatic rings. The second kappa shape index (κ2) is 9.91. The van der Waals surface area contributed by atoms with Crippen molar-refractivity contribution in [3.8, 4) is 0 Å². The average Bonchev–Trinajstić information content (AvgIpc) is 2.69. The molecule has 0 radical (unpaired) electrons. The van der Waals surface area contributed by atoms with Crippen molar-refractivity contribution < 1.29 is 29.0 Å². The minimum absolute atomic E-state index is 0.0149. The van der Waals surface area contributed by atoms with Crippen molar-refractivity contribution >= 4 is 29.3 Å². The van der Waals surface area contributed by atoms with Gasteiger partial charge in [0.2, 0.25) is 5.78 Å². The number of amides is 1. The molecule has 0 heterocycles. The molecule has 0 atom stereocenters. The average molecular weight is 383 g/mol. The second-order valence-electron chi connectivity index (χ2n) is 5.53. The molecule has 0 spiro atoms. The minimum Gasteiger partial charge on any atom is -0.506 e. The molecular weight excluding hydrogens is 362 g/mol. The molecule has 7 heteroatoms. The molecule has 2 aromatic rings. The Morgan fingerprint density at radius 1 is 0.893 bits per heavy atom. The minimum atomic E-state index is -0.959. The van der Waals surface area contributed by atoms with Crippen LogP contribution in [-0.4, -0.2) is 36.2 Å². The molecule has 0 aliphatic carbocycles. The smallest absolute Gasteiger partial charge is 0.411 e. The number of Topliss-reactive ketones (excluding diaryl/α,β-unsaturated/α-hetero) is 1. The summed E-state index contributed by atoms with van der Waals surface area (Å²) in [6.07, 6.45) is -0.739. The van der Waals surface area contributed by atoms with Crippen LogP contribution in [0.3, 0.4) is 0 Å². The van der Waals surface area contributed by atoms with E-state index in [-0.39, 0.29) is 30.0 Å². The Morgan fingerprint density at radius 2 is 1.50 bits per heavy atom. The molecular formula is C21H21NO6. The molecule has 0 bridgehead atoms. The number of hydrogen-bond acceptors (Lipinski definition) is 6. The van der Waals surface area contributed by atoms with Gasteiger partial charge in [0.05, 0.1) is 18.9 Å². The highest BCUT2D eigenvalue weighted by Crippen LogP contribution is 2.25. The highest BCUT2D eigenvalue weighted by molar-refractivity contribution is 6.29. The molecule has 146 valence electrons. The molecule has 0 aliphatic heterocycles. The number of carbonyl (C=O) groups excluding carboxylic acids is 3. The molecule has 28 heavy (non-hydrogen) atoms. The van der Waals surface area contributed by atoms with Crippen molar-refractivity contribution in [3.63, 3.8) is 0 Å². The summed E-state index contributed by atoms with van der Waals surface area (Å²) in [7, 11) is 0. The third kappa shape index (κ3) is 4.97. The van der Waals surface area contributed by atoms with Crippen molar-refractivity contribution in [2.45, 2.75) is 13.8 Å². The molecule has 0 saturated heterocycles. The summed E-state index contributed by atoms with van der Waals surface area (Å²) >= 11 is 0. The zero-order chi connectivity index (χ0) is 20.5. The maximum atomic E-state index is 13.1. The van der Waals surface area contributed by atoms with Crippen LogP contribution in [0.1, 0.15) is 29.8 Å². The number of benzene rings is 2. The van der Waals surface area contributed by atoms with Crippen LogP contribution in [0.15, 0.2) is 60.2 Å². The zero-order valence-electron chi connectivity index (χ0n) is 15.6. The van der Waals surface area contributed by atoms with E-state index < -0.39 is 29.2 Å². The van der Waals surface area contributed by atoms with Crippen molar-refractivity contribution in [3.05, 3.63) is 71.3 Å². The van der Waals surface area contributed by atoms with Gasteiger partial charge in [0, 0.05) is 11.1 Å². The quantitative estimate of drug-likeness (QED) is 0.187. The molecule has 7 nitrogen and oxygen atoms in total. The van der Waals surface area contributed by atoms with Crippen LogP contribution < -0.4 is 5.32 Å². The topological polar surface area (TPSA) is 102 Å². The SMILES string of the molecule is CCOC(=O)Nc1ccccc1C(=O)/C(C(=O)OCC)=C(\O)c1ccccc1. The van der Waals surface area contributed by atoms with E-state index in [1.807, 2.05) is 0 Å². The summed E-state index contributed by atoms with van der Waals surface area (Å²) in [6.45, 7) is 3.43. The van der Waals surface area contributed by atoms with Crippen LogP contribution in [0, 0.1) is 0 Å². The number of esters is 1. The van der Waals surface area contributed by atoms with E-state index in [2.05, 4.69) is 5.32 Å². The summed E-state index contributed by atoms with van der Waals surface area (Å²) in [6, 6.07) is 14.3. The lowest BCUT2D eigenvalue weighted by Crippen LogP contribution is -2.21. The normalized spacial score (nSPS) is 11.2. The Bertz CT molecular complexity index is 889. The Hall–Kier alpha value is -3.61. The molecule has 0 saturated carbocycles. The number of rotatable bonds is 7. The highest BCUT2D eigenvalue weighted by atomic mass is 16.5. The van der Waals surface area contributed by atoms with Crippen LogP contribution in [0.4, 0.5) is 10.5 Å². The molecule has 0 unspecified atom stereocenters. The van der Waals surface area contributed by atoms with Crippen molar-refractivity contribution in [1.82, 2.24) is 0 Å². The lowest BCUT2D eigenvalue weighted by atomic mass is 9.98. The second-order valence-corrected chi connectivity index (χ2v) is 5.53. The van der Waals surface area contributed by atoms with E-state index in [1.54, 1.807) is 56.3 Å². The van der Waals surface area contributed by atoms with E-state index >= 15 is 0 Å². The van der Waals surface area contributed by atoms with E-state index in [9.17, 15) is 19.5 Å². The molecule has 2 N–H and O–H groups in total. The first-order valence-corrected chi connectivity index (χ1v) is 8.72. The highest BCUT2D eigenvalue weighted by Gasteiger charge is 2.28. The number of ether oxygens (including phenoxy) is 2. The van der Waals surface area contributed by atoms with Gasteiger partial charge in [0.15, 0.2) is 0 Å². The van der Waals surface area contributed by atoms with Gasteiger partial charge in [-0.2, -0.15) is 0 Å². The fourth-order valence-electron chi connectivity index (χ4n) is 2.44. The summed E-state index contributed by atoms with van der Waals surface area (Å²) in [4.78, 5) is 37.3. The van der Waals surface area contributed by atoms with Crippen LogP contribution in [0.2, 0.25) is 0 Å². The van der Waals surface area contributed by atoms with E-state index in [1.165, 1.54) is 12.1 Å². The lowest BCUT2D eigenvalue weighted by molar-refractivity contribution is -0.138. The van der Waals surface area contributed by atoms with Gasteiger partial charge in [-0.3, -0.25) is 10.1 Å². The molecule has 2 rings (SSSR count).